The lowest BCUT2D eigenvalue weighted by molar-refractivity contribution is -0.193. The molecule has 11 nitrogen and oxygen atoms in total. The third-order valence-electron chi connectivity index (χ3n) is 6.70. The molecular formula is C29H39F6N5O6. The number of hydrogen-bond acceptors (Lipinski definition) is 7. The van der Waals surface area contributed by atoms with Gasteiger partial charge in [-0.2, -0.15) is 26.3 Å². The number of nitrogens with zero attached hydrogens (tertiary/aromatic N) is 3. The van der Waals surface area contributed by atoms with E-state index in [4.69, 9.17) is 19.8 Å². The molecule has 1 fully saturated rings. The Morgan fingerprint density at radius 2 is 1.50 bits per heavy atom. The van der Waals surface area contributed by atoms with E-state index in [0.717, 1.165) is 61.5 Å². The molecule has 1 saturated heterocycles. The maximum Gasteiger partial charge on any atom is 0.490 e. The van der Waals surface area contributed by atoms with Crippen molar-refractivity contribution in [3.8, 4) is 11.3 Å². The molecule has 258 valence electrons. The molecule has 0 bridgehead atoms. The van der Waals surface area contributed by atoms with Crippen molar-refractivity contribution >= 4 is 29.3 Å². The van der Waals surface area contributed by atoms with E-state index in [2.05, 4.69) is 49.4 Å². The zero-order valence-electron chi connectivity index (χ0n) is 25.8. The van der Waals surface area contributed by atoms with Crippen molar-refractivity contribution in [3.05, 3.63) is 36.3 Å². The highest BCUT2D eigenvalue weighted by molar-refractivity contribution is 5.80. The largest absolute Gasteiger partial charge is 0.490 e. The summed E-state index contributed by atoms with van der Waals surface area (Å²) in [7, 11) is 6.07. The molecule has 1 atom stereocenters. The monoisotopic (exact) mass is 667 g/mol. The third-order valence-corrected chi connectivity index (χ3v) is 6.70. The van der Waals surface area contributed by atoms with Crippen LogP contribution in [-0.2, 0) is 19.2 Å². The van der Waals surface area contributed by atoms with E-state index in [9.17, 15) is 35.9 Å². The molecule has 46 heavy (non-hydrogen) atoms. The lowest BCUT2D eigenvalue weighted by atomic mass is 9.98. The average Bonchev–Trinajstić information content (AvgIpc) is 3.44. The number of aromatic amines is 1. The Morgan fingerprint density at radius 1 is 0.978 bits per heavy atom. The molecule has 4 N–H and O–H groups in total. The number of rotatable bonds is 12. The second kappa shape index (κ2) is 18.1. The summed E-state index contributed by atoms with van der Waals surface area (Å²) in [6, 6.07) is 8.18. The quantitative estimate of drug-likeness (QED) is 0.180. The molecule has 2 aromatic rings. The molecule has 1 aliphatic heterocycles. The van der Waals surface area contributed by atoms with Gasteiger partial charge in [0.25, 0.3) is 0 Å². The molecule has 0 spiro atoms. The number of likely N-dealkylation sites (tertiary alicyclic amines) is 1. The van der Waals surface area contributed by atoms with Gasteiger partial charge in [0.1, 0.15) is 11.6 Å². The number of benzene rings is 1. The van der Waals surface area contributed by atoms with Gasteiger partial charge in [0.05, 0.1) is 23.9 Å². The maximum absolute atomic E-state index is 12.7. The van der Waals surface area contributed by atoms with Gasteiger partial charge in [-0.1, -0.05) is 31.9 Å². The molecule has 2 heterocycles. The lowest BCUT2D eigenvalue weighted by Gasteiger charge is -2.35. The number of Topliss-reactive ketones (excluding diaryl/α,β-unsaturated/α-hetero) is 1. The number of anilines is 1. The molecule has 0 aliphatic carbocycles. The number of halogens is 6. The summed E-state index contributed by atoms with van der Waals surface area (Å²) in [5.41, 5.74) is 3.16. The number of aliphatic carboxylic acids is 2. The number of carboxylic acid groups (broad SMARTS) is 2. The highest BCUT2D eigenvalue weighted by Gasteiger charge is 2.39. The van der Waals surface area contributed by atoms with Crippen LogP contribution < -0.4 is 10.2 Å². The Labute approximate surface area is 262 Å². The highest BCUT2D eigenvalue weighted by Crippen LogP contribution is 2.25. The summed E-state index contributed by atoms with van der Waals surface area (Å²) < 4.78 is 63.5. The molecule has 0 saturated carbocycles. The Balaban J connectivity index is 0.000000629. The number of carbonyl (C=O) groups excluding carboxylic acids is 2. The zero-order valence-corrected chi connectivity index (χ0v) is 25.8. The number of H-pyrrole nitrogens is 1. The highest BCUT2D eigenvalue weighted by atomic mass is 19.4. The molecule has 0 radical (unpaired) electrons. The minimum Gasteiger partial charge on any atom is -0.475 e. The summed E-state index contributed by atoms with van der Waals surface area (Å²) in [5, 5.41) is 17.5. The van der Waals surface area contributed by atoms with Gasteiger partial charge >= 0.3 is 24.3 Å². The van der Waals surface area contributed by atoms with Gasteiger partial charge in [-0.3, -0.25) is 9.59 Å². The molecule has 3 rings (SSSR count). The van der Waals surface area contributed by atoms with Gasteiger partial charge in [0.2, 0.25) is 5.91 Å². The fraction of sp³-hybridized carbons (Fsp3) is 0.552. The number of nitrogens with one attached hydrogen (secondary N) is 2. The molecule has 1 aliphatic rings. The van der Waals surface area contributed by atoms with Crippen molar-refractivity contribution in [1.29, 1.82) is 0 Å². The first-order valence-corrected chi connectivity index (χ1v) is 14.2. The van der Waals surface area contributed by atoms with Crippen LogP contribution >= 0.6 is 0 Å². The van der Waals surface area contributed by atoms with E-state index in [1.54, 1.807) is 0 Å². The van der Waals surface area contributed by atoms with Crippen LogP contribution in [0.3, 0.4) is 0 Å². The number of aromatic nitrogens is 2. The Hall–Kier alpha value is -4.15. The minimum atomic E-state index is -5.08. The number of ketones is 1. The van der Waals surface area contributed by atoms with Crippen LogP contribution in [0.1, 0.15) is 57.3 Å². The Bertz CT molecular complexity index is 1250. The van der Waals surface area contributed by atoms with Crippen LogP contribution in [0.4, 0.5) is 32.0 Å². The Morgan fingerprint density at radius 3 is 1.93 bits per heavy atom. The number of imidazole rings is 1. The van der Waals surface area contributed by atoms with Gasteiger partial charge in [0, 0.05) is 45.7 Å². The van der Waals surface area contributed by atoms with Crippen molar-refractivity contribution in [2.24, 2.45) is 5.92 Å². The van der Waals surface area contributed by atoms with E-state index >= 15 is 0 Å². The standard InChI is InChI=1S/C25H37N5O2.2C2HF3O2/c1-5-21(31)9-7-6-8-10-22(28-25(32)19-16-30(4)17-19)24-26-15-23(27-24)18-11-13-20(14-12-18)29(2)3;2*3-2(4,5)1(6)7/h11-15,19,22H,5-10,16-17H2,1-4H3,(H,26,27)(H,28,32);2*(H,6,7)/t22-;;/m0../s1. The first kappa shape index (κ1) is 39.9. The molecule has 0 unspecified atom stereocenters. The van der Waals surface area contributed by atoms with Crippen LogP contribution in [0.5, 0.6) is 0 Å². The van der Waals surface area contributed by atoms with Crippen LogP contribution in [0, 0.1) is 5.92 Å². The van der Waals surface area contributed by atoms with Crippen LogP contribution in [0.15, 0.2) is 30.5 Å². The SMILES string of the molecule is CCC(=O)CCCCC[C@H](NC(=O)C1CN(C)C1)c1ncc(-c2ccc(N(C)C)cc2)[nH]1.O=C(O)C(F)(F)F.O=C(O)C(F)(F)F. The van der Waals surface area contributed by atoms with Crippen LogP contribution in [0.2, 0.25) is 0 Å². The molecule has 1 aromatic carbocycles. The second-order valence-electron chi connectivity index (χ2n) is 10.7. The number of carbonyl (C=O) groups is 4. The van der Waals surface area contributed by atoms with Gasteiger partial charge in [0.15, 0.2) is 0 Å². The number of hydrogen-bond donors (Lipinski definition) is 4. The smallest absolute Gasteiger partial charge is 0.475 e. The van der Waals surface area contributed by atoms with E-state index in [1.807, 2.05) is 34.3 Å². The van der Waals surface area contributed by atoms with E-state index < -0.39 is 24.3 Å². The fourth-order valence-corrected chi connectivity index (χ4v) is 4.06. The van der Waals surface area contributed by atoms with E-state index in [1.165, 1.54) is 0 Å². The topological polar surface area (TPSA) is 156 Å². The van der Waals surface area contributed by atoms with Crippen molar-refractivity contribution < 1.29 is 55.7 Å². The predicted molar refractivity (Wildman–Crippen MR) is 156 cm³/mol. The maximum atomic E-state index is 12.7. The average molecular weight is 668 g/mol. The first-order valence-electron chi connectivity index (χ1n) is 14.2. The van der Waals surface area contributed by atoms with Gasteiger partial charge in [-0.05, 0) is 37.6 Å². The summed E-state index contributed by atoms with van der Waals surface area (Å²) in [6.45, 7) is 3.52. The normalized spacial score (nSPS) is 14.0. The summed E-state index contributed by atoms with van der Waals surface area (Å²) >= 11 is 0. The van der Waals surface area contributed by atoms with Crippen LogP contribution in [0.25, 0.3) is 11.3 Å². The summed E-state index contributed by atoms with van der Waals surface area (Å²) in [4.78, 5) is 54.3. The van der Waals surface area contributed by atoms with Crippen molar-refractivity contribution in [3.63, 3.8) is 0 Å². The summed E-state index contributed by atoms with van der Waals surface area (Å²) in [5.74, 6) is -4.25. The fourth-order valence-electron chi connectivity index (χ4n) is 4.06. The Kier molecular flexibility index (Phi) is 15.7. The molecule has 1 amide bonds. The number of amides is 1. The zero-order chi connectivity index (χ0) is 35.2. The molecular weight excluding hydrogens is 628 g/mol. The van der Waals surface area contributed by atoms with Crippen molar-refractivity contribution in [1.82, 2.24) is 20.2 Å². The molecule has 1 aromatic heterocycles. The summed E-state index contributed by atoms with van der Waals surface area (Å²) in [6.07, 6.45) is -3.43. The van der Waals surface area contributed by atoms with E-state index in [-0.39, 0.29) is 17.9 Å². The van der Waals surface area contributed by atoms with Gasteiger partial charge in [-0.25, -0.2) is 14.6 Å². The number of unbranched alkanes of at least 4 members (excludes halogenated alkanes) is 2. The van der Waals surface area contributed by atoms with Gasteiger partial charge < -0.3 is 30.3 Å². The van der Waals surface area contributed by atoms with Crippen molar-refractivity contribution in [2.45, 2.75) is 63.8 Å². The third kappa shape index (κ3) is 14.3. The van der Waals surface area contributed by atoms with Crippen LogP contribution in [-0.4, -0.2) is 95.3 Å². The molecule has 17 heteroatoms. The van der Waals surface area contributed by atoms with Gasteiger partial charge in [-0.15, -0.1) is 0 Å². The second-order valence-corrected chi connectivity index (χ2v) is 10.7. The number of alkyl halides is 6. The number of carboxylic acids is 2. The minimum absolute atomic E-state index is 0.0534. The van der Waals surface area contributed by atoms with Crippen molar-refractivity contribution in [2.75, 3.05) is 39.1 Å². The predicted octanol–water partition coefficient (Wildman–Crippen LogP) is 5.06. The lowest BCUT2D eigenvalue weighted by Crippen LogP contribution is -2.52. The first-order chi connectivity index (χ1) is 21.3. The van der Waals surface area contributed by atoms with E-state index in [0.29, 0.717) is 18.6 Å².